The second-order valence-corrected chi connectivity index (χ2v) is 7.14. The summed E-state index contributed by atoms with van der Waals surface area (Å²) < 4.78 is 26.6. The van der Waals surface area contributed by atoms with Crippen molar-refractivity contribution in [2.24, 2.45) is 0 Å². The number of aromatic hydroxyl groups is 1. The van der Waals surface area contributed by atoms with Crippen molar-refractivity contribution in [3.05, 3.63) is 29.8 Å². The zero-order valence-electron chi connectivity index (χ0n) is 18.4. The summed E-state index contributed by atoms with van der Waals surface area (Å²) in [6.45, 7) is 4.06. The van der Waals surface area contributed by atoms with E-state index in [1.165, 1.54) is 31.2 Å². The Kier molecular flexibility index (Phi) is 8.74. The van der Waals surface area contributed by atoms with Gasteiger partial charge in [-0.2, -0.15) is 0 Å². The molecule has 0 aliphatic carbocycles. The first-order valence-electron chi connectivity index (χ1n) is 9.89. The molecule has 0 spiro atoms. The van der Waals surface area contributed by atoms with E-state index in [1.54, 1.807) is 0 Å². The van der Waals surface area contributed by atoms with Crippen LogP contribution in [0.25, 0.3) is 0 Å². The van der Waals surface area contributed by atoms with Crippen LogP contribution in [-0.4, -0.2) is 72.1 Å². The number of ether oxygens (including phenoxy) is 5. The number of carbonyl (C=O) groups excluding carboxylic acids is 5. The van der Waals surface area contributed by atoms with E-state index in [9.17, 15) is 29.1 Å². The molecule has 1 heterocycles. The van der Waals surface area contributed by atoms with Crippen LogP contribution in [0.2, 0.25) is 0 Å². The fraction of sp³-hybridized carbons (Fsp3) is 0.476. The Labute approximate surface area is 189 Å². The summed E-state index contributed by atoms with van der Waals surface area (Å²) in [5, 5.41) is 12.4. The molecule has 5 atom stereocenters. The molecule has 1 amide bonds. The third-order valence-electron chi connectivity index (χ3n) is 4.42. The molecular weight excluding hydrogens is 442 g/mol. The van der Waals surface area contributed by atoms with E-state index in [-0.39, 0.29) is 11.3 Å². The Hall–Kier alpha value is -3.67. The number of benzene rings is 1. The number of phenolic OH excluding ortho intramolecular Hbond substituents is 1. The average molecular weight is 467 g/mol. The minimum atomic E-state index is -1.57. The highest BCUT2D eigenvalue weighted by molar-refractivity contribution is 5.92. The van der Waals surface area contributed by atoms with Crippen LogP contribution in [0, 0.1) is 0 Å². The minimum absolute atomic E-state index is 0.189. The second kappa shape index (κ2) is 11.3. The maximum absolute atomic E-state index is 12.7. The van der Waals surface area contributed by atoms with E-state index in [1.807, 2.05) is 0 Å². The number of carbonyl (C=O) groups is 5. The van der Waals surface area contributed by atoms with Gasteiger partial charge in [-0.25, -0.2) is 4.79 Å². The van der Waals surface area contributed by atoms with Gasteiger partial charge in [-0.3, -0.25) is 19.2 Å². The highest BCUT2D eigenvalue weighted by Crippen LogP contribution is 2.29. The molecule has 12 nitrogen and oxygen atoms in total. The molecule has 1 fully saturated rings. The van der Waals surface area contributed by atoms with Crippen molar-refractivity contribution in [1.82, 2.24) is 5.32 Å². The maximum Gasteiger partial charge on any atom is 0.344 e. The van der Waals surface area contributed by atoms with Crippen molar-refractivity contribution < 1.29 is 52.8 Å². The number of para-hydroxylation sites is 1. The van der Waals surface area contributed by atoms with Crippen LogP contribution in [0.3, 0.4) is 0 Å². The lowest BCUT2D eigenvalue weighted by atomic mass is 9.96. The van der Waals surface area contributed by atoms with E-state index >= 15 is 0 Å². The van der Waals surface area contributed by atoms with Crippen molar-refractivity contribution in [2.45, 2.75) is 58.3 Å². The molecule has 33 heavy (non-hydrogen) atoms. The predicted molar refractivity (Wildman–Crippen MR) is 108 cm³/mol. The molecule has 0 bridgehead atoms. The molecule has 0 saturated carbocycles. The Bertz CT molecular complexity index is 915. The molecule has 2 N–H and O–H groups in total. The monoisotopic (exact) mass is 467 g/mol. The number of nitrogens with one attached hydrogen (secondary N) is 1. The first-order chi connectivity index (χ1) is 15.5. The zero-order chi connectivity index (χ0) is 24.7. The van der Waals surface area contributed by atoms with Gasteiger partial charge >= 0.3 is 23.9 Å². The lowest BCUT2D eigenvalue weighted by molar-refractivity contribution is -0.263. The normalized spacial score (nSPS) is 24.2. The molecule has 2 rings (SSSR count). The summed E-state index contributed by atoms with van der Waals surface area (Å²) >= 11 is 0. The molecule has 180 valence electrons. The van der Waals surface area contributed by atoms with Gasteiger partial charge in [0.25, 0.3) is 0 Å². The maximum atomic E-state index is 12.7. The molecule has 1 aromatic rings. The summed E-state index contributed by atoms with van der Waals surface area (Å²) in [7, 11) is 0. The van der Waals surface area contributed by atoms with E-state index in [2.05, 4.69) is 5.32 Å². The first-order valence-corrected chi connectivity index (χ1v) is 9.89. The van der Waals surface area contributed by atoms with Gasteiger partial charge < -0.3 is 34.1 Å². The van der Waals surface area contributed by atoms with E-state index < -0.39 is 67.0 Å². The van der Waals surface area contributed by atoms with Gasteiger partial charge in [-0.15, -0.1) is 0 Å². The topological polar surface area (TPSA) is 164 Å². The number of hydrogen-bond acceptors (Lipinski definition) is 11. The minimum Gasteiger partial charge on any atom is -0.507 e. The second-order valence-electron chi connectivity index (χ2n) is 7.14. The highest BCUT2D eigenvalue weighted by atomic mass is 16.7. The molecule has 12 heteroatoms. The molecule has 1 aliphatic heterocycles. The average Bonchev–Trinajstić information content (AvgIpc) is 2.70. The number of hydrogen-bond donors (Lipinski definition) is 2. The van der Waals surface area contributed by atoms with Gasteiger partial charge in [0.2, 0.25) is 12.2 Å². The largest absolute Gasteiger partial charge is 0.507 e. The quantitative estimate of drug-likeness (QED) is 0.416. The van der Waals surface area contributed by atoms with Gasteiger partial charge in [0.05, 0.1) is 0 Å². The lowest BCUT2D eigenvalue weighted by Crippen LogP contribution is -2.66. The third-order valence-corrected chi connectivity index (χ3v) is 4.42. The molecular formula is C21H25NO11. The molecule has 0 radical (unpaired) electrons. The summed E-state index contributed by atoms with van der Waals surface area (Å²) in [5.41, 5.74) is -0.189. The van der Waals surface area contributed by atoms with Gasteiger partial charge in [-0.1, -0.05) is 12.1 Å². The standard InChI is InChI=1S/C21H25NO11/c1-10(23)22-17-19(31-13(4)26)18(30-12(3)25)16(9-29-11(2)24)32-21(17)33-20(28)14-7-5-6-8-15(14)27/h5-8,16-19,21,27H,9H2,1-4H3,(H,22,23)/t16-,17+,18+,19+,21+/m1/s1. The SMILES string of the molecule is CC(=O)N[C@@H]1[C@H](OC(=O)c2ccccc2O)O[C@H](COC(C)=O)[C@H](OC(C)=O)[C@H]1OC(C)=O. The Morgan fingerprint density at radius 2 is 1.52 bits per heavy atom. The fourth-order valence-corrected chi connectivity index (χ4v) is 3.21. The van der Waals surface area contributed by atoms with Crippen LogP contribution in [0.15, 0.2) is 24.3 Å². The number of rotatable bonds is 7. The lowest BCUT2D eigenvalue weighted by Gasteiger charge is -2.44. The van der Waals surface area contributed by atoms with Crippen molar-refractivity contribution in [2.75, 3.05) is 6.61 Å². The molecule has 1 aromatic carbocycles. The summed E-state index contributed by atoms with van der Waals surface area (Å²) in [5.74, 6) is -4.18. The summed E-state index contributed by atoms with van der Waals surface area (Å²) in [6.07, 6.45) is -5.48. The Morgan fingerprint density at radius 3 is 2.06 bits per heavy atom. The van der Waals surface area contributed by atoms with E-state index in [4.69, 9.17) is 23.7 Å². The van der Waals surface area contributed by atoms with Crippen LogP contribution in [0.4, 0.5) is 0 Å². The van der Waals surface area contributed by atoms with E-state index in [0.29, 0.717) is 0 Å². The molecule has 0 unspecified atom stereocenters. The predicted octanol–water partition coefficient (Wildman–Crippen LogP) is 0.205. The molecule has 1 aliphatic rings. The number of phenols is 1. The van der Waals surface area contributed by atoms with Gasteiger partial charge in [-0.05, 0) is 12.1 Å². The first kappa shape index (κ1) is 25.6. The number of esters is 4. The van der Waals surface area contributed by atoms with Gasteiger partial charge in [0, 0.05) is 27.7 Å². The Morgan fingerprint density at radius 1 is 0.909 bits per heavy atom. The van der Waals surface area contributed by atoms with Crippen LogP contribution >= 0.6 is 0 Å². The van der Waals surface area contributed by atoms with Crippen molar-refractivity contribution in [3.63, 3.8) is 0 Å². The smallest absolute Gasteiger partial charge is 0.344 e. The highest BCUT2D eigenvalue weighted by Gasteiger charge is 2.52. The number of amides is 1. The fourth-order valence-electron chi connectivity index (χ4n) is 3.21. The van der Waals surface area contributed by atoms with Gasteiger partial charge in [0.1, 0.15) is 30.1 Å². The third kappa shape index (κ3) is 7.17. The van der Waals surface area contributed by atoms with Crippen LogP contribution in [0.5, 0.6) is 5.75 Å². The van der Waals surface area contributed by atoms with Crippen LogP contribution in [0.1, 0.15) is 38.1 Å². The molecule has 0 aromatic heterocycles. The van der Waals surface area contributed by atoms with Crippen LogP contribution in [-0.2, 0) is 42.9 Å². The zero-order valence-corrected chi connectivity index (χ0v) is 18.4. The van der Waals surface area contributed by atoms with Gasteiger partial charge in [0.15, 0.2) is 12.2 Å². The molecule has 1 saturated heterocycles. The summed E-state index contributed by atoms with van der Waals surface area (Å²) in [4.78, 5) is 59.4. The van der Waals surface area contributed by atoms with Crippen LogP contribution < -0.4 is 5.32 Å². The van der Waals surface area contributed by atoms with E-state index in [0.717, 1.165) is 20.8 Å². The van der Waals surface area contributed by atoms with Crippen molar-refractivity contribution in [3.8, 4) is 5.75 Å². The summed E-state index contributed by atoms with van der Waals surface area (Å²) in [6, 6.07) is 4.25. The van der Waals surface area contributed by atoms with Crippen molar-refractivity contribution >= 4 is 29.8 Å². The van der Waals surface area contributed by atoms with Crippen molar-refractivity contribution in [1.29, 1.82) is 0 Å². The Balaban J connectivity index is 2.45.